The van der Waals surface area contributed by atoms with Gasteiger partial charge in [-0.05, 0) is 30.7 Å². The minimum Gasteiger partial charge on any atom is -0.379 e. The van der Waals surface area contributed by atoms with Gasteiger partial charge in [0.25, 0.3) is 5.69 Å². The van der Waals surface area contributed by atoms with E-state index in [4.69, 9.17) is 0 Å². The first-order valence-corrected chi connectivity index (χ1v) is 5.57. The van der Waals surface area contributed by atoms with Crippen LogP contribution in [-0.4, -0.2) is 11.5 Å². The molecule has 0 saturated heterocycles. The number of nitro benzene ring substituents is 1. The van der Waals surface area contributed by atoms with Crippen LogP contribution in [0.15, 0.2) is 18.2 Å². The molecule has 1 N–H and O–H groups in total. The first-order valence-electron chi connectivity index (χ1n) is 5.57. The van der Waals surface area contributed by atoms with Gasteiger partial charge in [-0.1, -0.05) is 19.1 Å². The number of nitro groups is 1. The number of nitrogens with zero attached hydrogens (tertiary/aromatic N) is 1. The third kappa shape index (κ3) is 2.15. The minimum absolute atomic E-state index is 0.174. The Hall–Kier alpha value is -1.58. The Kier molecular flexibility index (Phi) is 2.81. The van der Waals surface area contributed by atoms with Crippen LogP contribution in [0, 0.1) is 28.9 Å². The summed E-state index contributed by atoms with van der Waals surface area (Å²) in [6.45, 7) is 4.94. The molecule has 1 fully saturated rings. The Balaban J connectivity index is 2.14. The van der Waals surface area contributed by atoms with E-state index < -0.39 is 0 Å². The van der Waals surface area contributed by atoms with Crippen LogP contribution in [0.4, 0.5) is 11.4 Å². The van der Waals surface area contributed by atoms with Gasteiger partial charge in [0, 0.05) is 12.6 Å². The van der Waals surface area contributed by atoms with E-state index in [1.54, 1.807) is 12.1 Å². The Morgan fingerprint density at radius 3 is 2.81 bits per heavy atom. The summed E-state index contributed by atoms with van der Waals surface area (Å²) in [5.41, 5.74) is 1.78. The number of rotatable bonds is 4. The van der Waals surface area contributed by atoms with Crippen LogP contribution < -0.4 is 5.32 Å². The van der Waals surface area contributed by atoms with E-state index in [2.05, 4.69) is 12.2 Å². The molecule has 0 spiro atoms. The zero-order valence-corrected chi connectivity index (χ0v) is 9.56. The zero-order valence-electron chi connectivity index (χ0n) is 9.56. The zero-order chi connectivity index (χ0) is 11.7. The molecule has 2 unspecified atom stereocenters. The highest BCUT2D eigenvalue weighted by Gasteiger charge is 2.32. The van der Waals surface area contributed by atoms with E-state index in [-0.39, 0.29) is 10.6 Å². The molecule has 1 saturated carbocycles. The first kappa shape index (κ1) is 10.9. The van der Waals surface area contributed by atoms with Crippen molar-refractivity contribution in [1.82, 2.24) is 0 Å². The molecular formula is C12H16N2O2. The highest BCUT2D eigenvalue weighted by atomic mass is 16.6. The summed E-state index contributed by atoms with van der Waals surface area (Å²) < 4.78 is 0. The van der Waals surface area contributed by atoms with Gasteiger partial charge in [0.05, 0.1) is 4.92 Å². The second-order valence-electron chi connectivity index (χ2n) is 4.58. The van der Waals surface area contributed by atoms with E-state index in [1.807, 2.05) is 13.0 Å². The van der Waals surface area contributed by atoms with Gasteiger partial charge < -0.3 is 5.32 Å². The highest BCUT2D eigenvalue weighted by Crippen LogP contribution is 2.38. The lowest BCUT2D eigenvalue weighted by Gasteiger charge is -2.09. The van der Waals surface area contributed by atoms with Crippen molar-refractivity contribution in [2.75, 3.05) is 11.9 Å². The van der Waals surface area contributed by atoms with Gasteiger partial charge in [0.2, 0.25) is 0 Å². The second-order valence-corrected chi connectivity index (χ2v) is 4.58. The fourth-order valence-electron chi connectivity index (χ4n) is 1.95. The molecule has 0 aliphatic heterocycles. The van der Waals surface area contributed by atoms with Crippen molar-refractivity contribution in [2.24, 2.45) is 11.8 Å². The summed E-state index contributed by atoms with van der Waals surface area (Å²) in [5.74, 6) is 1.44. The molecule has 1 aliphatic rings. The maximum Gasteiger partial charge on any atom is 0.292 e. The number of benzene rings is 1. The average Bonchev–Trinajstić information content (AvgIpc) is 2.92. The fourth-order valence-corrected chi connectivity index (χ4v) is 1.95. The van der Waals surface area contributed by atoms with Crippen molar-refractivity contribution in [2.45, 2.75) is 20.3 Å². The van der Waals surface area contributed by atoms with E-state index in [1.165, 1.54) is 6.42 Å². The molecule has 2 rings (SSSR count). The van der Waals surface area contributed by atoms with Gasteiger partial charge in [0.1, 0.15) is 5.69 Å². The van der Waals surface area contributed by atoms with Gasteiger partial charge in [-0.2, -0.15) is 0 Å². The molecule has 0 radical (unpaired) electrons. The molecule has 0 bridgehead atoms. The van der Waals surface area contributed by atoms with Crippen LogP contribution in [0.3, 0.4) is 0 Å². The summed E-state index contributed by atoms with van der Waals surface area (Å²) >= 11 is 0. The Bertz CT molecular complexity index is 417. The molecular weight excluding hydrogens is 204 g/mol. The highest BCUT2D eigenvalue weighted by molar-refractivity contribution is 5.66. The SMILES string of the molecule is Cc1cccc([N+](=O)[O-])c1NCC1CC1C. The monoisotopic (exact) mass is 220 g/mol. The lowest BCUT2D eigenvalue weighted by atomic mass is 10.1. The number of hydrogen-bond donors (Lipinski definition) is 1. The summed E-state index contributed by atoms with van der Waals surface area (Å²) in [4.78, 5) is 10.5. The van der Waals surface area contributed by atoms with Crippen molar-refractivity contribution < 1.29 is 4.92 Å². The maximum absolute atomic E-state index is 10.9. The number of aryl methyl sites for hydroxylation is 1. The van der Waals surface area contributed by atoms with E-state index in [0.29, 0.717) is 11.6 Å². The van der Waals surface area contributed by atoms with Crippen LogP contribution in [0.2, 0.25) is 0 Å². The molecule has 16 heavy (non-hydrogen) atoms. The predicted molar refractivity (Wildman–Crippen MR) is 63.6 cm³/mol. The van der Waals surface area contributed by atoms with Crippen molar-refractivity contribution >= 4 is 11.4 Å². The molecule has 0 heterocycles. The Morgan fingerprint density at radius 2 is 2.25 bits per heavy atom. The largest absolute Gasteiger partial charge is 0.379 e. The quantitative estimate of drug-likeness (QED) is 0.627. The van der Waals surface area contributed by atoms with Gasteiger partial charge in [-0.25, -0.2) is 0 Å². The Morgan fingerprint density at radius 1 is 1.56 bits per heavy atom. The number of hydrogen-bond acceptors (Lipinski definition) is 3. The molecule has 1 aromatic carbocycles. The summed E-state index contributed by atoms with van der Waals surface area (Å²) in [7, 11) is 0. The Labute approximate surface area is 94.8 Å². The summed E-state index contributed by atoms with van der Waals surface area (Å²) in [5, 5.41) is 14.1. The molecule has 4 heteroatoms. The van der Waals surface area contributed by atoms with Crippen LogP contribution in [-0.2, 0) is 0 Å². The average molecular weight is 220 g/mol. The van der Waals surface area contributed by atoms with Crippen LogP contribution in [0.5, 0.6) is 0 Å². The molecule has 86 valence electrons. The maximum atomic E-state index is 10.9. The number of para-hydroxylation sites is 1. The van der Waals surface area contributed by atoms with Crippen molar-refractivity contribution in [3.05, 3.63) is 33.9 Å². The number of nitrogens with one attached hydrogen (secondary N) is 1. The fraction of sp³-hybridized carbons (Fsp3) is 0.500. The van der Waals surface area contributed by atoms with Crippen molar-refractivity contribution in [3.63, 3.8) is 0 Å². The molecule has 4 nitrogen and oxygen atoms in total. The lowest BCUT2D eigenvalue weighted by Crippen LogP contribution is -2.08. The lowest BCUT2D eigenvalue weighted by molar-refractivity contribution is -0.384. The van der Waals surface area contributed by atoms with Crippen LogP contribution in [0.1, 0.15) is 18.9 Å². The van der Waals surface area contributed by atoms with Crippen LogP contribution >= 0.6 is 0 Å². The van der Waals surface area contributed by atoms with Crippen molar-refractivity contribution in [1.29, 1.82) is 0 Å². The molecule has 0 aromatic heterocycles. The molecule has 0 amide bonds. The molecule has 1 aromatic rings. The second kappa shape index (κ2) is 4.12. The first-order chi connectivity index (χ1) is 7.59. The normalized spacial score (nSPS) is 22.9. The predicted octanol–water partition coefficient (Wildman–Crippen LogP) is 2.97. The van der Waals surface area contributed by atoms with Crippen molar-refractivity contribution in [3.8, 4) is 0 Å². The third-order valence-corrected chi connectivity index (χ3v) is 3.26. The summed E-state index contributed by atoms with van der Waals surface area (Å²) in [6, 6.07) is 5.16. The van der Waals surface area contributed by atoms with E-state index >= 15 is 0 Å². The van der Waals surface area contributed by atoms with E-state index in [0.717, 1.165) is 18.0 Å². The topological polar surface area (TPSA) is 55.2 Å². The smallest absolute Gasteiger partial charge is 0.292 e. The van der Waals surface area contributed by atoms with E-state index in [9.17, 15) is 10.1 Å². The van der Waals surface area contributed by atoms with Crippen LogP contribution in [0.25, 0.3) is 0 Å². The van der Waals surface area contributed by atoms with Gasteiger partial charge in [-0.3, -0.25) is 10.1 Å². The standard InChI is InChI=1S/C12H16N2O2/c1-8-4-3-5-11(14(15)16)12(8)13-7-10-6-9(10)2/h3-5,9-10,13H,6-7H2,1-2H3. The number of anilines is 1. The molecule has 2 atom stereocenters. The minimum atomic E-state index is -0.328. The van der Waals surface area contributed by atoms with Gasteiger partial charge in [-0.15, -0.1) is 0 Å². The molecule has 1 aliphatic carbocycles. The third-order valence-electron chi connectivity index (χ3n) is 3.26. The van der Waals surface area contributed by atoms with Gasteiger partial charge in [0.15, 0.2) is 0 Å². The van der Waals surface area contributed by atoms with Gasteiger partial charge >= 0.3 is 0 Å². The summed E-state index contributed by atoms with van der Waals surface area (Å²) in [6.07, 6.45) is 1.23.